The van der Waals surface area contributed by atoms with Gasteiger partial charge in [-0.3, -0.25) is 0 Å². The van der Waals surface area contributed by atoms with Crippen LogP contribution in [0.5, 0.6) is 0 Å². The van der Waals surface area contributed by atoms with Gasteiger partial charge < -0.3 is 10.1 Å². The average molecular weight is 222 g/mol. The van der Waals surface area contributed by atoms with Crippen LogP contribution in [0.4, 0.5) is 0 Å². The van der Waals surface area contributed by atoms with Gasteiger partial charge in [0.1, 0.15) is 0 Å². The van der Waals surface area contributed by atoms with Crippen molar-refractivity contribution >= 4 is 22.5 Å². The van der Waals surface area contributed by atoms with Crippen LogP contribution in [0.2, 0.25) is 5.02 Å². The maximum atomic E-state index is 9.82. The zero-order chi connectivity index (χ0) is 10.5. The first-order chi connectivity index (χ1) is 7.15. The van der Waals surface area contributed by atoms with E-state index in [1.165, 1.54) is 0 Å². The Kier molecular flexibility index (Phi) is 1.85. The van der Waals surface area contributed by atoms with Gasteiger partial charge in [0.2, 0.25) is 0 Å². The van der Waals surface area contributed by atoms with Crippen LogP contribution in [-0.2, 0) is 6.42 Å². The van der Waals surface area contributed by atoms with E-state index in [-0.39, 0.29) is 0 Å². The number of hydrogen-bond donors (Lipinski definition) is 2. The average Bonchev–Trinajstić information content (AvgIpc) is 2.76. The highest BCUT2D eigenvalue weighted by atomic mass is 35.5. The molecule has 2 N–H and O–H groups in total. The number of aromatic amines is 1. The highest BCUT2D eigenvalue weighted by Crippen LogP contribution is 2.38. The minimum Gasteiger partial charge on any atom is -0.389 e. The Bertz CT molecular complexity index is 513. The number of aliphatic hydroxyl groups is 1. The van der Waals surface area contributed by atoms with Crippen LogP contribution in [0, 0.1) is 0 Å². The summed E-state index contributed by atoms with van der Waals surface area (Å²) >= 11 is 5.91. The zero-order valence-electron chi connectivity index (χ0n) is 8.26. The van der Waals surface area contributed by atoms with Gasteiger partial charge in [-0.15, -0.1) is 0 Å². The van der Waals surface area contributed by atoms with Gasteiger partial charge >= 0.3 is 0 Å². The molecule has 0 bridgehead atoms. The maximum Gasteiger partial charge on any atom is 0.0704 e. The van der Waals surface area contributed by atoms with Gasteiger partial charge in [-0.05, 0) is 37.1 Å². The van der Waals surface area contributed by atoms with Crippen LogP contribution in [0.25, 0.3) is 10.9 Å². The number of rotatable bonds is 2. The lowest BCUT2D eigenvalue weighted by atomic mass is 10.1. The van der Waals surface area contributed by atoms with Gasteiger partial charge in [-0.25, -0.2) is 0 Å². The van der Waals surface area contributed by atoms with Crippen molar-refractivity contribution in [3.8, 4) is 0 Å². The molecule has 0 aliphatic heterocycles. The summed E-state index contributed by atoms with van der Waals surface area (Å²) in [4.78, 5) is 3.30. The molecule has 1 fully saturated rings. The van der Waals surface area contributed by atoms with E-state index in [4.69, 9.17) is 11.6 Å². The molecule has 0 radical (unpaired) electrons. The Morgan fingerprint density at radius 1 is 1.33 bits per heavy atom. The zero-order valence-corrected chi connectivity index (χ0v) is 9.01. The lowest BCUT2D eigenvalue weighted by molar-refractivity contribution is 0.150. The van der Waals surface area contributed by atoms with Crippen molar-refractivity contribution in [3.63, 3.8) is 0 Å². The summed E-state index contributed by atoms with van der Waals surface area (Å²) in [7, 11) is 0. The minimum absolute atomic E-state index is 0.440. The second-order valence-corrected chi connectivity index (χ2v) is 4.86. The predicted octanol–water partition coefficient (Wildman–Crippen LogP) is 2.89. The molecule has 0 unspecified atom stereocenters. The lowest BCUT2D eigenvalue weighted by Gasteiger charge is -2.03. The Hall–Kier alpha value is -0.990. The number of benzene rings is 1. The van der Waals surface area contributed by atoms with E-state index in [9.17, 15) is 5.11 Å². The van der Waals surface area contributed by atoms with Crippen LogP contribution in [0.3, 0.4) is 0 Å². The molecule has 0 atom stereocenters. The Labute approximate surface area is 92.9 Å². The molecule has 1 saturated carbocycles. The molecule has 0 saturated heterocycles. The SMILES string of the molecule is OC1(Cc2cc3cc(Cl)ccc3[nH]2)CC1. The fraction of sp³-hybridized carbons (Fsp3) is 0.333. The van der Waals surface area contributed by atoms with Gasteiger partial charge in [-0.2, -0.15) is 0 Å². The Morgan fingerprint density at radius 3 is 2.87 bits per heavy atom. The van der Waals surface area contributed by atoms with Crippen molar-refractivity contribution in [1.29, 1.82) is 0 Å². The summed E-state index contributed by atoms with van der Waals surface area (Å²) in [5.41, 5.74) is 1.73. The van der Waals surface area contributed by atoms with Crippen molar-refractivity contribution in [3.05, 3.63) is 35.0 Å². The van der Waals surface area contributed by atoms with Gasteiger partial charge in [0.25, 0.3) is 0 Å². The molecule has 2 aromatic rings. The van der Waals surface area contributed by atoms with Gasteiger partial charge in [0, 0.05) is 28.0 Å². The largest absolute Gasteiger partial charge is 0.389 e. The number of fused-ring (bicyclic) bond motifs is 1. The van der Waals surface area contributed by atoms with Gasteiger partial charge in [-0.1, -0.05) is 11.6 Å². The van der Waals surface area contributed by atoms with Crippen molar-refractivity contribution in [1.82, 2.24) is 4.98 Å². The third-order valence-corrected chi connectivity index (χ3v) is 3.22. The fourth-order valence-electron chi connectivity index (χ4n) is 1.93. The number of hydrogen-bond acceptors (Lipinski definition) is 1. The first kappa shape index (κ1) is 9.25. The van der Waals surface area contributed by atoms with Crippen LogP contribution in [-0.4, -0.2) is 15.7 Å². The molecule has 1 aromatic carbocycles. The summed E-state index contributed by atoms with van der Waals surface area (Å²) in [5, 5.41) is 11.7. The first-order valence-corrected chi connectivity index (χ1v) is 5.52. The Balaban J connectivity index is 1.99. The highest BCUT2D eigenvalue weighted by Gasteiger charge is 2.40. The molecule has 1 aromatic heterocycles. The third-order valence-electron chi connectivity index (χ3n) is 2.99. The topological polar surface area (TPSA) is 36.0 Å². The molecular formula is C12H12ClNO. The lowest BCUT2D eigenvalue weighted by Crippen LogP contribution is -2.10. The van der Waals surface area contributed by atoms with E-state index in [1.807, 2.05) is 18.2 Å². The smallest absolute Gasteiger partial charge is 0.0704 e. The van der Waals surface area contributed by atoms with Crippen LogP contribution in [0.1, 0.15) is 18.5 Å². The normalized spacial score (nSPS) is 18.3. The number of halogens is 1. The van der Waals surface area contributed by atoms with E-state index in [2.05, 4.69) is 11.1 Å². The van der Waals surface area contributed by atoms with Crippen molar-refractivity contribution < 1.29 is 5.11 Å². The first-order valence-electron chi connectivity index (χ1n) is 5.14. The maximum absolute atomic E-state index is 9.82. The van der Waals surface area contributed by atoms with Gasteiger partial charge in [0.05, 0.1) is 5.60 Å². The standard InChI is InChI=1S/C12H12ClNO/c13-9-1-2-11-8(5-9)6-10(14-11)7-12(15)3-4-12/h1-2,5-6,14-15H,3-4,7H2. The molecule has 78 valence electrons. The minimum atomic E-state index is -0.440. The fourth-order valence-corrected chi connectivity index (χ4v) is 2.11. The Morgan fingerprint density at radius 2 is 2.13 bits per heavy atom. The van der Waals surface area contributed by atoms with E-state index < -0.39 is 5.60 Å². The van der Waals surface area contributed by atoms with Crippen molar-refractivity contribution in [2.45, 2.75) is 24.9 Å². The monoisotopic (exact) mass is 221 g/mol. The molecule has 3 heteroatoms. The molecule has 15 heavy (non-hydrogen) atoms. The van der Waals surface area contributed by atoms with E-state index in [0.29, 0.717) is 0 Å². The van der Waals surface area contributed by atoms with Crippen LogP contribution in [0.15, 0.2) is 24.3 Å². The number of H-pyrrole nitrogens is 1. The summed E-state index contributed by atoms with van der Waals surface area (Å²) in [6, 6.07) is 7.85. The summed E-state index contributed by atoms with van der Waals surface area (Å²) < 4.78 is 0. The molecule has 1 aliphatic rings. The second-order valence-electron chi connectivity index (χ2n) is 4.43. The molecule has 2 nitrogen and oxygen atoms in total. The number of nitrogens with one attached hydrogen (secondary N) is 1. The third kappa shape index (κ3) is 1.75. The van der Waals surface area contributed by atoms with Gasteiger partial charge in [0.15, 0.2) is 0 Å². The van der Waals surface area contributed by atoms with Crippen LogP contribution < -0.4 is 0 Å². The van der Waals surface area contributed by atoms with E-state index in [0.717, 1.165) is 40.9 Å². The van der Waals surface area contributed by atoms with Crippen molar-refractivity contribution in [2.75, 3.05) is 0 Å². The van der Waals surface area contributed by atoms with E-state index in [1.54, 1.807) is 0 Å². The molecule has 3 rings (SSSR count). The van der Waals surface area contributed by atoms with E-state index >= 15 is 0 Å². The molecule has 1 heterocycles. The second kappa shape index (κ2) is 3.00. The molecular weight excluding hydrogens is 210 g/mol. The number of aromatic nitrogens is 1. The molecule has 0 amide bonds. The quantitative estimate of drug-likeness (QED) is 0.804. The molecule has 1 aliphatic carbocycles. The molecule has 0 spiro atoms. The summed E-state index contributed by atoms with van der Waals surface area (Å²) in [6.45, 7) is 0. The highest BCUT2D eigenvalue weighted by molar-refractivity contribution is 6.31. The predicted molar refractivity (Wildman–Crippen MR) is 61.2 cm³/mol. The van der Waals surface area contributed by atoms with Crippen LogP contribution >= 0.6 is 11.6 Å². The van der Waals surface area contributed by atoms with Crippen molar-refractivity contribution in [2.24, 2.45) is 0 Å². The summed E-state index contributed by atoms with van der Waals surface area (Å²) in [6.07, 6.45) is 2.56. The summed E-state index contributed by atoms with van der Waals surface area (Å²) in [5.74, 6) is 0.